The summed E-state index contributed by atoms with van der Waals surface area (Å²) < 4.78 is 10.4. The maximum atomic E-state index is 11.9. The first-order valence-corrected chi connectivity index (χ1v) is 6.48. The van der Waals surface area contributed by atoms with Gasteiger partial charge in [-0.05, 0) is 37.6 Å². The Hall–Kier alpha value is -1.30. The molecule has 0 bridgehead atoms. The van der Waals surface area contributed by atoms with Crippen molar-refractivity contribution in [3.63, 3.8) is 0 Å². The zero-order chi connectivity index (χ0) is 13.9. The Morgan fingerprint density at radius 1 is 1.30 bits per heavy atom. The molecule has 0 aliphatic carbocycles. The molecule has 0 radical (unpaired) electrons. The highest BCUT2D eigenvalue weighted by Gasteiger charge is 2.05. The molecule has 0 spiro atoms. The van der Waals surface area contributed by atoms with E-state index in [0.29, 0.717) is 37.6 Å². The van der Waals surface area contributed by atoms with E-state index >= 15 is 0 Å². The van der Waals surface area contributed by atoms with Gasteiger partial charge in [0.05, 0.1) is 6.61 Å². The van der Waals surface area contributed by atoms with Crippen LogP contribution in [0, 0.1) is 0 Å². The third-order valence-corrected chi connectivity index (χ3v) is 2.57. The maximum absolute atomic E-state index is 11.9. The molecule has 0 fully saturated rings. The Balaban J connectivity index is 0.00000361. The van der Waals surface area contributed by atoms with E-state index in [1.807, 2.05) is 6.07 Å². The minimum atomic E-state index is -0.0887. The first kappa shape index (κ1) is 18.7. The van der Waals surface area contributed by atoms with E-state index in [4.69, 9.17) is 15.2 Å². The average Bonchev–Trinajstić information content (AvgIpc) is 2.44. The van der Waals surface area contributed by atoms with E-state index in [9.17, 15) is 4.79 Å². The van der Waals surface area contributed by atoms with Gasteiger partial charge in [-0.1, -0.05) is 6.07 Å². The van der Waals surface area contributed by atoms with Gasteiger partial charge in [-0.3, -0.25) is 4.79 Å². The molecule has 3 N–H and O–H groups in total. The number of carbonyl (C=O) groups is 1. The molecule has 20 heavy (non-hydrogen) atoms. The second-order valence-corrected chi connectivity index (χ2v) is 4.12. The Kier molecular flexibility index (Phi) is 10.8. The van der Waals surface area contributed by atoms with Gasteiger partial charge in [-0.15, -0.1) is 12.4 Å². The van der Waals surface area contributed by atoms with Crippen LogP contribution < -0.4 is 15.8 Å². The molecular weight excluding hydrogens is 280 g/mol. The molecule has 0 saturated carbocycles. The summed E-state index contributed by atoms with van der Waals surface area (Å²) in [4.78, 5) is 11.9. The van der Waals surface area contributed by atoms with E-state index in [-0.39, 0.29) is 18.3 Å². The molecule has 0 aliphatic rings. The summed E-state index contributed by atoms with van der Waals surface area (Å²) >= 11 is 0. The van der Waals surface area contributed by atoms with Crippen molar-refractivity contribution in [2.45, 2.75) is 12.8 Å². The van der Waals surface area contributed by atoms with Gasteiger partial charge in [0.25, 0.3) is 5.91 Å². The highest BCUT2D eigenvalue weighted by Crippen LogP contribution is 2.13. The molecule has 0 atom stereocenters. The molecule has 114 valence electrons. The van der Waals surface area contributed by atoms with Gasteiger partial charge in [0.1, 0.15) is 12.4 Å². The zero-order valence-electron chi connectivity index (χ0n) is 11.8. The molecule has 1 aromatic carbocycles. The molecule has 0 saturated heterocycles. The number of hydrogen-bond donors (Lipinski definition) is 2. The van der Waals surface area contributed by atoms with Crippen LogP contribution in [0.5, 0.6) is 5.75 Å². The molecule has 1 aromatic rings. The third kappa shape index (κ3) is 7.33. The molecule has 6 heteroatoms. The summed E-state index contributed by atoms with van der Waals surface area (Å²) in [6, 6.07) is 7.12. The molecule has 0 aromatic heterocycles. The van der Waals surface area contributed by atoms with Crippen LogP contribution in [0.15, 0.2) is 24.3 Å². The standard InChI is InChI=1S/C14H22N2O3.ClH/c1-18-9-10-19-13-6-4-5-12(11-13)14(17)16-8-3-2-7-15;/h4-6,11H,2-3,7-10,15H2,1H3,(H,16,17);1H. The molecule has 0 heterocycles. The number of carbonyl (C=O) groups excluding carboxylic acids is 1. The lowest BCUT2D eigenvalue weighted by Gasteiger charge is -2.08. The van der Waals surface area contributed by atoms with Crippen LogP contribution in [0.25, 0.3) is 0 Å². The quantitative estimate of drug-likeness (QED) is 0.680. The molecule has 5 nitrogen and oxygen atoms in total. The predicted octanol–water partition coefficient (Wildman–Crippen LogP) is 1.60. The van der Waals surface area contributed by atoms with E-state index in [2.05, 4.69) is 5.32 Å². The van der Waals surface area contributed by atoms with Crippen LogP contribution in [-0.2, 0) is 4.74 Å². The van der Waals surface area contributed by atoms with Crippen molar-refractivity contribution < 1.29 is 14.3 Å². The summed E-state index contributed by atoms with van der Waals surface area (Å²) in [5, 5.41) is 2.85. The highest BCUT2D eigenvalue weighted by atomic mass is 35.5. The molecular formula is C14H23ClN2O3. The number of benzene rings is 1. The smallest absolute Gasteiger partial charge is 0.251 e. The average molecular weight is 303 g/mol. The maximum Gasteiger partial charge on any atom is 0.251 e. The highest BCUT2D eigenvalue weighted by molar-refractivity contribution is 5.94. The number of rotatable bonds is 9. The lowest BCUT2D eigenvalue weighted by molar-refractivity contribution is 0.0952. The normalized spacial score (nSPS) is 9.70. The minimum Gasteiger partial charge on any atom is -0.491 e. The second-order valence-electron chi connectivity index (χ2n) is 4.12. The summed E-state index contributed by atoms with van der Waals surface area (Å²) in [7, 11) is 1.62. The van der Waals surface area contributed by atoms with Gasteiger partial charge in [-0.25, -0.2) is 0 Å². The number of nitrogens with one attached hydrogen (secondary N) is 1. The first-order valence-electron chi connectivity index (χ1n) is 6.48. The van der Waals surface area contributed by atoms with Gasteiger partial charge < -0.3 is 20.5 Å². The largest absolute Gasteiger partial charge is 0.491 e. The van der Waals surface area contributed by atoms with Gasteiger partial charge in [0, 0.05) is 19.2 Å². The van der Waals surface area contributed by atoms with Crippen molar-refractivity contribution in [2.24, 2.45) is 5.73 Å². The van der Waals surface area contributed by atoms with Gasteiger partial charge in [0.2, 0.25) is 0 Å². The Morgan fingerprint density at radius 3 is 2.80 bits per heavy atom. The molecule has 1 rings (SSSR count). The van der Waals surface area contributed by atoms with Gasteiger partial charge >= 0.3 is 0 Å². The van der Waals surface area contributed by atoms with Crippen LogP contribution in [0.3, 0.4) is 0 Å². The Morgan fingerprint density at radius 2 is 2.10 bits per heavy atom. The SMILES string of the molecule is COCCOc1cccc(C(=O)NCCCCN)c1.Cl. The number of methoxy groups -OCH3 is 1. The van der Waals surface area contributed by atoms with Crippen LogP contribution in [0.1, 0.15) is 23.2 Å². The monoisotopic (exact) mass is 302 g/mol. The number of amides is 1. The molecule has 0 aliphatic heterocycles. The Bertz CT molecular complexity index is 388. The first-order chi connectivity index (χ1) is 9.27. The fourth-order valence-electron chi connectivity index (χ4n) is 1.54. The van der Waals surface area contributed by atoms with Gasteiger partial charge in [0.15, 0.2) is 0 Å². The minimum absolute atomic E-state index is 0. The number of nitrogens with two attached hydrogens (primary N) is 1. The number of unbranched alkanes of at least 4 members (excludes halogenated alkanes) is 1. The number of halogens is 1. The third-order valence-electron chi connectivity index (χ3n) is 2.57. The van der Waals surface area contributed by atoms with E-state index in [1.165, 1.54) is 0 Å². The lowest BCUT2D eigenvalue weighted by Crippen LogP contribution is -2.24. The summed E-state index contributed by atoms with van der Waals surface area (Å²) in [5.41, 5.74) is 5.99. The predicted molar refractivity (Wildman–Crippen MR) is 81.7 cm³/mol. The fraction of sp³-hybridized carbons (Fsp3) is 0.500. The van der Waals surface area contributed by atoms with E-state index < -0.39 is 0 Å². The summed E-state index contributed by atoms with van der Waals surface area (Å²) in [5.74, 6) is 0.584. The summed E-state index contributed by atoms with van der Waals surface area (Å²) in [6.45, 7) is 2.29. The lowest BCUT2D eigenvalue weighted by atomic mass is 10.2. The second kappa shape index (κ2) is 11.5. The van der Waals surface area contributed by atoms with E-state index in [0.717, 1.165) is 12.8 Å². The van der Waals surface area contributed by atoms with Crippen molar-refractivity contribution in [3.05, 3.63) is 29.8 Å². The fourth-order valence-corrected chi connectivity index (χ4v) is 1.54. The van der Waals surface area contributed by atoms with Crippen molar-refractivity contribution >= 4 is 18.3 Å². The Labute approximate surface area is 126 Å². The van der Waals surface area contributed by atoms with Crippen molar-refractivity contribution in [1.82, 2.24) is 5.32 Å². The van der Waals surface area contributed by atoms with Crippen LogP contribution in [0.4, 0.5) is 0 Å². The van der Waals surface area contributed by atoms with Crippen LogP contribution >= 0.6 is 12.4 Å². The van der Waals surface area contributed by atoms with Gasteiger partial charge in [-0.2, -0.15) is 0 Å². The molecule has 0 unspecified atom stereocenters. The topological polar surface area (TPSA) is 73.6 Å². The number of hydrogen-bond acceptors (Lipinski definition) is 4. The summed E-state index contributed by atoms with van der Waals surface area (Å²) in [6.07, 6.45) is 1.81. The molecule has 1 amide bonds. The van der Waals surface area contributed by atoms with Crippen molar-refractivity contribution in [2.75, 3.05) is 33.4 Å². The number of ether oxygens (including phenoxy) is 2. The van der Waals surface area contributed by atoms with Crippen molar-refractivity contribution in [3.8, 4) is 5.75 Å². The van der Waals surface area contributed by atoms with Crippen LogP contribution in [-0.4, -0.2) is 39.3 Å². The zero-order valence-corrected chi connectivity index (χ0v) is 12.6. The van der Waals surface area contributed by atoms with Crippen molar-refractivity contribution in [1.29, 1.82) is 0 Å². The van der Waals surface area contributed by atoms with Crippen LogP contribution in [0.2, 0.25) is 0 Å². The van der Waals surface area contributed by atoms with E-state index in [1.54, 1.807) is 25.3 Å².